The Morgan fingerprint density at radius 2 is 1.73 bits per heavy atom. The van der Waals surface area contributed by atoms with E-state index in [1.54, 1.807) is 61.7 Å². The molecule has 0 amide bonds. The number of anilines is 1. The van der Waals surface area contributed by atoms with Crippen molar-refractivity contribution in [3.05, 3.63) is 101 Å². The Morgan fingerprint density at radius 1 is 1.00 bits per heavy atom. The topological polar surface area (TPSA) is 80.5 Å². The monoisotopic (exact) mass is 437 g/mol. The van der Waals surface area contributed by atoms with E-state index < -0.39 is 10.0 Å². The molecule has 2 aromatic heterocycles. The van der Waals surface area contributed by atoms with E-state index in [0.29, 0.717) is 28.3 Å². The summed E-state index contributed by atoms with van der Waals surface area (Å²) in [6.45, 7) is 1.76. The first-order valence-electron chi connectivity index (χ1n) is 9.22. The van der Waals surface area contributed by atoms with Crippen molar-refractivity contribution in [2.24, 2.45) is 0 Å². The van der Waals surface area contributed by atoms with Crippen molar-refractivity contribution in [2.75, 3.05) is 4.72 Å². The molecule has 0 aliphatic carbocycles. The van der Waals surface area contributed by atoms with Gasteiger partial charge in [0.1, 0.15) is 5.65 Å². The molecule has 0 fully saturated rings. The summed E-state index contributed by atoms with van der Waals surface area (Å²) in [4.78, 5) is 17.8. The molecule has 30 heavy (non-hydrogen) atoms. The molecule has 4 rings (SSSR count). The molecule has 0 atom stereocenters. The summed E-state index contributed by atoms with van der Waals surface area (Å²) in [6.07, 6.45) is 1.68. The number of nitrogens with zero attached hydrogens (tertiary/aromatic N) is 2. The van der Waals surface area contributed by atoms with Crippen LogP contribution in [0.1, 0.15) is 11.3 Å². The minimum atomic E-state index is -3.72. The smallest absolute Gasteiger partial charge is 0.262 e. The SMILES string of the molecule is Cc1ccccc1S(=O)(=O)Nc1ccccc1SCc1cc(=O)n2ccccc2n1. The second-order valence-corrected chi connectivity index (χ2v) is 9.34. The molecular weight excluding hydrogens is 418 g/mol. The zero-order chi connectivity index (χ0) is 21.1. The maximum Gasteiger partial charge on any atom is 0.262 e. The molecule has 152 valence electrons. The van der Waals surface area contributed by atoms with E-state index in [4.69, 9.17) is 0 Å². The van der Waals surface area contributed by atoms with Gasteiger partial charge in [0.15, 0.2) is 0 Å². The van der Waals surface area contributed by atoms with E-state index in [0.717, 1.165) is 4.90 Å². The lowest BCUT2D eigenvalue weighted by Gasteiger charge is -2.13. The van der Waals surface area contributed by atoms with E-state index in [1.165, 1.54) is 22.2 Å². The van der Waals surface area contributed by atoms with E-state index in [-0.39, 0.29) is 10.5 Å². The number of thioether (sulfide) groups is 1. The number of benzene rings is 2. The second kappa shape index (κ2) is 8.33. The fraction of sp³-hybridized carbons (Fsp3) is 0.0909. The van der Waals surface area contributed by atoms with Gasteiger partial charge in [-0.15, -0.1) is 11.8 Å². The van der Waals surface area contributed by atoms with E-state index >= 15 is 0 Å². The Kier molecular flexibility index (Phi) is 5.61. The Bertz CT molecular complexity index is 1380. The van der Waals surface area contributed by atoms with Gasteiger partial charge in [-0.05, 0) is 42.8 Å². The van der Waals surface area contributed by atoms with Crippen LogP contribution in [0.3, 0.4) is 0 Å². The van der Waals surface area contributed by atoms with Crippen LogP contribution in [-0.4, -0.2) is 17.8 Å². The minimum absolute atomic E-state index is 0.148. The molecule has 0 radical (unpaired) electrons. The number of hydrogen-bond donors (Lipinski definition) is 1. The highest BCUT2D eigenvalue weighted by Gasteiger charge is 2.18. The molecule has 0 unspecified atom stereocenters. The van der Waals surface area contributed by atoms with Gasteiger partial charge in [-0.1, -0.05) is 36.4 Å². The molecular formula is C22H19N3O3S2. The summed E-state index contributed by atoms with van der Waals surface area (Å²) in [6, 6.07) is 20.9. The van der Waals surface area contributed by atoms with Gasteiger partial charge < -0.3 is 0 Å². The van der Waals surface area contributed by atoms with Crippen LogP contribution in [0.25, 0.3) is 5.65 Å². The minimum Gasteiger partial charge on any atom is -0.278 e. The first-order valence-corrected chi connectivity index (χ1v) is 11.7. The van der Waals surface area contributed by atoms with Crippen molar-refractivity contribution in [3.8, 4) is 0 Å². The van der Waals surface area contributed by atoms with E-state index in [1.807, 2.05) is 18.2 Å². The summed E-state index contributed by atoms with van der Waals surface area (Å²) in [5.41, 5.74) is 2.23. The van der Waals surface area contributed by atoms with Crippen molar-refractivity contribution in [2.45, 2.75) is 22.5 Å². The van der Waals surface area contributed by atoms with Crippen molar-refractivity contribution >= 4 is 33.1 Å². The van der Waals surface area contributed by atoms with Gasteiger partial charge in [-0.25, -0.2) is 13.4 Å². The summed E-state index contributed by atoms with van der Waals surface area (Å²) in [5, 5.41) is 0. The third-order valence-electron chi connectivity index (χ3n) is 4.51. The average Bonchev–Trinajstić information content (AvgIpc) is 2.73. The number of pyridine rings is 1. The highest BCUT2D eigenvalue weighted by Crippen LogP contribution is 2.31. The number of fused-ring (bicyclic) bond motifs is 1. The summed E-state index contributed by atoms with van der Waals surface area (Å²) < 4.78 is 29.9. The number of rotatable bonds is 6. The molecule has 0 bridgehead atoms. The second-order valence-electron chi connectivity index (χ2n) is 6.67. The number of hydrogen-bond acceptors (Lipinski definition) is 5. The molecule has 0 saturated heterocycles. The lowest BCUT2D eigenvalue weighted by Crippen LogP contribution is -2.15. The third-order valence-corrected chi connectivity index (χ3v) is 7.15. The highest BCUT2D eigenvalue weighted by molar-refractivity contribution is 7.98. The van der Waals surface area contributed by atoms with Crippen LogP contribution >= 0.6 is 11.8 Å². The fourth-order valence-corrected chi connectivity index (χ4v) is 5.36. The molecule has 4 aromatic rings. The van der Waals surface area contributed by atoms with Crippen LogP contribution in [0.15, 0.2) is 93.6 Å². The van der Waals surface area contributed by atoms with Gasteiger partial charge in [-0.2, -0.15) is 0 Å². The Hall–Kier alpha value is -3.10. The molecule has 0 saturated carbocycles. The first-order chi connectivity index (χ1) is 14.4. The zero-order valence-corrected chi connectivity index (χ0v) is 17.8. The van der Waals surface area contributed by atoms with Crippen molar-refractivity contribution in [1.29, 1.82) is 0 Å². The quantitative estimate of drug-likeness (QED) is 0.460. The van der Waals surface area contributed by atoms with Gasteiger partial charge in [0.25, 0.3) is 15.6 Å². The van der Waals surface area contributed by atoms with Gasteiger partial charge in [0.05, 0.1) is 16.3 Å². The van der Waals surface area contributed by atoms with Gasteiger partial charge in [0.2, 0.25) is 0 Å². The molecule has 1 N–H and O–H groups in total. The Morgan fingerprint density at radius 3 is 2.57 bits per heavy atom. The van der Waals surface area contributed by atoms with Crippen molar-refractivity contribution in [1.82, 2.24) is 9.38 Å². The maximum absolute atomic E-state index is 12.9. The molecule has 6 nitrogen and oxygen atoms in total. The van der Waals surface area contributed by atoms with Crippen LogP contribution in [0, 0.1) is 6.92 Å². The van der Waals surface area contributed by atoms with Crippen LogP contribution < -0.4 is 10.3 Å². The molecule has 0 aliphatic heterocycles. The Labute approximate surface area is 178 Å². The third kappa shape index (κ3) is 4.24. The molecule has 0 aliphatic rings. The standard InChI is InChI=1S/C22H19N3O3S2/c1-16-8-2-5-11-20(16)30(27,28)24-18-9-3-4-10-19(18)29-15-17-14-22(26)25-13-7-6-12-21(25)23-17/h2-14,24H,15H2,1H3. The number of nitrogens with one attached hydrogen (secondary N) is 1. The Balaban J connectivity index is 1.59. The van der Waals surface area contributed by atoms with E-state index in [2.05, 4.69) is 9.71 Å². The summed E-state index contributed by atoms with van der Waals surface area (Å²) in [7, 11) is -3.72. The predicted octanol–water partition coefficient (Wildman–Crippen LogP) is 4.10. The largest absolute Gasteiger partial charge is 0.278 e. The number of aryl methyl sites for hydroxylation is 1. The summed E-state index contributed by atoms with van der Waals surface area (Å²) >= 11 is 1.42. The van der Waals surface area contributed by atoms with Gasteiger partial charge in [0, 0.05) is 22.9 Å². The van der Waals surface area contributed by atoms with Crippen LogP contribution in [0.2, 0.25) is 0 Å². The maximum atomic E-state index is 12.9. The van der Waals surface area contributed by atoms with Crippen molar-refractivity contribution < 1.29 is 8.42 Å². The first kappa shape index (κ1) is 20.2. The van der Waals surface area contributed by atoms with Gasteiger partial charge >= 0.3 is 0 Å². The predicted molar refractivity (Wildman–Crippen MR) is 119 cm³/mol. The van der Waals surface area contributed by atoms with Crippen LogP contribution in [0.5, 0.6) is 0 Å². The number of para-hydroxylation sites is 1. The summed E-state index contributed by atoms with van der Waals surface area (Å²) in [5.74, 6) is 0.434. The number of sulfonamides is 1. The van der Waals surface area contributed by atoms with Gasteiger partial charge in [-0.3, -0.25) is 13.9 Å². The van der Waals surface area contributed by atoms with Crippen molar-refractivity contribution in [3.63, 3.8) is 0 Å². The van der Waals surface area contributed by atoms with Crippen LogP contribution in [-0.2, 0) is 15.8 Å². The normalized spacial score (nSPS) is 11.5. The molecule has 8 heteroatoms. The van der Waals surface area contributed by atoms with Crippen LogP contribution in [0.4, 0.5) is 5.69 Å². The zero-order valence-electron chi connectivity index (χ0n) is 16.1. The molecule has 2 heterocycles. The lowest BCUT2D eigenvalue weighted by atomic mass is 10.2. The lowest BCUT2D eigenvalue weighted by molar-refractivity contribution is 0.600. The fourth-order valence-electron chi connectivity index (χ4n) is 3.06. The average molecular weight is 438 g/mol. The highest BCUT2D eigenvalue weighted by atomic mass is 32.2. The van der Waals surface area contributed by atoms with E-state index in [9.17, 15) is 13.2 Å². The molecule has 2 aromatic carbocycles. The molecule has 0 spiro atoms. The number of aromatic nitrogens is 2.